The number of aromatic nitrogens is 2. The largest absolute Gasteiger partial charge is 0.382 e. The zero-order valence-corrected chi connectivity index (χ0v) is 12.7. The molecule has 0 amide bonds. The van der Waals surface area contributed by atoms with Crippen LogP contribution in [0.5, 0.6) is 0 Å². The third kappa shape index (κ3) is 2.43. The number of aliphatic hydroxyl groups is 1. The van der Waals surface area contributed by atoms with Crippen molar-refractivity contribution in [2.24, 2.45) is 0 Å². The molecule has 1 atom stereocenters. The molecule has 2 rings (SSSR count). The highest BCUT2D eigenvalue weighted by molar-refractivity contribution is 9.10. The van der Waals surface area contributed by atoms with E-state index in [4.69, 9.17) is 23.2 Å². The van der Waals surface area contributed by atoms with E-state index in [0.29, 0.717) is 27.8 Å². The third-order valence-electron chi connectivity index (χ3n) is 2.67. The summed E-state index contributed by atoms with van der Waals surface area (Å²) in [6.45, 7) is 2.62. The zero-order chi connectivity index (χ0) is 13.3. The van der Waals surface area contributed by atoms with Crippen molar-refractivity contribution >= 4 is 39.1 Å². The summed E-state index contributed by atoms with van der Waals surface area (Å²) in [6.07, 6.45) is 0.786. The number of benzene rings is 1. The molecule has 0 radical (unpaired) electrons. The molecule has 1 heterocycles. The Kier molecular flexibility index (Phi) is 4.33. The first kappa shape index (κ1) is 13.9. The highest BCUT2D eigenvalue weighted by atomic mass is 79.9. The smallest absolute Gasteiger partial charge is 0.123 e. The Morgan fingerprint density at radius 2 is 2.17 bits per heavy atom. The van der Waals surface area contributed by atoms with E-state index in [1.807, 2.05) is 6.92 Å². The number of hydrogen-bond acceptors (Lipinski definition) is 2. The minimum atomic E-state index is -0.868. The van der Waals surface area contributed by atoms with Crippen LogP contribution in [0.3, 0.4) is 0 Å². The maximum atomic E-state index is 10.4. The number of rotatable bonds is 3. The van der Waals surface area contributed by atoms with E-state index in [2.05, 4.69) is 21.0 Å². The van der Waals surface area contributed by atoms with Gasteiger partial charge in [0.05, 0.1) is 26.4 Å². The molecule has 0 aliphatic rings. The summed E-state index contributed by atoms with van der Waals surface area (Å²) in [5.41, 5.74) is 1.24. The van der Waals surface area contributed by atoms with Crippen molar-refractivity contribution in [1.29, 1.82) is 0 Å². The van der Waals surface area contributed by atoms with E-state index >= 15 is 0 Å². The molecule has 3 nitrogen and oxygen atoms in total. The van der Waals surface area contributed by atoms with Gasteiger partial charge in [-0.15, -0.1) is 0 Å². The summed E-state index contributed by atoms with van der Waals surface area (Å²) in [7, 11) is 0. The fraction of sp³-hybridized carbons (Fsp3) is 0.250. The van der Waals surface area contributed by atoms with Crippen molar-refractivity contribution < 1.29 is 5.11 Å². The normalized spacial score (nSPS) is 12.7. The van der Waals surface area contributed by atoms with Gasteiger partial charge in [0.25, 0.3) is 0 Å². The molecule has 2 aromatic rings. The lowest BCUT2D eigenvalue weighted by Crippen LogP contribution is -2.10. The van der Waals surface area contributed by atoms with Gasteiger partial charge in [0, 0.05) is 12.1 Å². The minimum absolute atomic E-state index is 0.363. The van der Waals surface area contributed by atoms with E-state index < -0.39 is 6.10 Å². The van der Waals surface area contributed by atoms with Gasteiger partial charge in [-0.05, 0) is 28.9 Å². The van der Waals surface area contributed by atoms with E-state index in [-0.39, 0.29) is 0 Å². The van der Waals surface area contributed by atoms with Gasteiger partial charge in [-0.2, -0.15) is 5.10 Å². The molecule has 18 heavy (non-hydrogen) atoms. The fourth-order valence-electron chi connectivity index (χ4n) is 1.77. The molecule has 0 bridgehead atoms. The van der Waals surface area contributed by atoms with Crippen LogP contribution in [0.25, 0.3) is 0 Å². The molecule has 0 spiro atoms. The maximum absolute atomic E-state index is 10.4. The molecule has 0 aliphatic carbocycles. The van der Waals surface area contributed by atoms with E-state index in [1.165, 1.54) is 0 Å². The summed E-state index contributed by atoms with van der Waals surface area (Å²) < 4.78 is 2.46. The van der Waals surface area contributed by atoms with Crippen molar-refractivity contribution in [3.8, 4) is 0 Å². The zero-order valence-electron chi connectivity index (χ0n) is 9.57. The molecule has 1 N–H and O–H groups in total. The molecule has 6 heteroatoms. The third-order valence-corrected chi connectivity index (χ3v) is 4.11. The van der Waals surface area contributed by atoms with Gasteiger partial charge in [0.1, 0.15) is 6.10 Å². The Labute approximate surface area is 123 Å². The topological polar surface area (TPSA) is 38.0 Å². The van der Waals surface area contributed by atoms with Crippen LogP contribution < -0.4 is 0 Å². The van der Waals surface area contributed by atoms with Gasteiger partial charge in [-0.1, -0.05) is 35.3 Å². The van der Waals surface area contributed by atoms with Gasteiger partial charge in [-0.25, -0.2) is 0 Å². The van der Waals surface area contributed by atoms with E-state index in [0.717, 1.165) is 4.47 Å². The quantitative estimate of drug-likeness (QED) is 0.907. The molecule has 0 fully saturated rings. The van der Waals surface area contributed by atoms with Crippen molar-refractivity contribution in [2.45, 2.75) is 19.6 Å². The summed E-state index contributed by atoms with van der Waals surface area (Å²) in [6, 6.07) is 5.19. The van der Waals surface area contributed by atoms with Crippen LogP contribution in [0.4, 0.5) is 0 Å². The van der Waals surface area contributed by atoms with Crippen LogP contribution in [-0.4, -0.2) is 14.9 Å². The first-order valence-electron chi connectivity index (χ1n) is 5.39. The molecule has 0 aliphatic heterocycles. The second-order valence-corrected chi connectivity index (χ2v) is 5.38. The fourth-order valence-corrected chi connectivity index (χ4v) is 2.70. The predicted octanol–water partition coefficient (Wildman–Crippen LogP) is 4.05. The summed E-state index contributed by atoms with van der Waals surface area (Å²) in [4.78, 5) is 0. The molecule has 0 saturated heterocycles. The second kappa shape index (κ2) is 5.61. The van der Waals surface area contributed by atoms with Gasteiger partial charge >= 0.3 is 0 Å². The Balaban J connectivity index is 2.51. The van der Waals surface area contributed by atoms with Crippen molar-refractivity contribution in [2.75, 3.05) is 0 Å². The number of aliphatic hydroxyl groups excluding tert-OH is 1. The van der Waals surface area contributed by atoms with Crippen LogP contribution in [0, 0.1) is 0 Å². The summed E-state index contributed by atoms with van der Waals surface area (Å²) >= 11 is 15.5. The standard InChI is InChI=1S/C12H11BrCl2N2O/c1-2-17-11(8(13)6-16-17)12(18)7-4-3-5-9(14)10(7)15/h3-6,12,18H,2H2,1H3. The second-order valence-electron chi connectivity index (χ2n) is 3.74. The van der Waals surface area contributed by atoms with Gasteiger partial charge in [0.2, 0.25) is 0 Å². The average Bonchev–Trinajstić information content (AvgIpc) is 2.73. The van der Waals surface area contributed by atoms with Crippen LogP contribution in [0.2, 0.25) is 10.0 Å². The Bertz CT molecular complexity index is 571. The number of halogens is 3. The molecule has 1 aromatic heterocycles. The van der Waals surface area contributed by atoms with Crippen molar-refractivity contribution in [3.05, 3.63) is 50.2 Å². The SMILES string of the molecule is CCn1ncc(Br)c1C(O)c1cccc(Cl)c1Cl. The Morgan fingerprint density at radius 1 is 1.44 bits per heavy atom. The number of hydrogen-bond donors (Lipinski definition) is 1. The minimum Gasteiger partial charge on any atom is -0.382 e. The van der Waals surface area contributed by atoms with Crippen LogP contribution in [0.1, 0.15) is 24.3 Å². The summed E-state index contributed by atoms with van der Waals surface area (Å²) in [5.74, 6) is 0. The molecule has 1 aromatic carbocycles. The number of aryl methyl sites for hydroxylation is 1. The van der Waals surface area contributed by atoms with Gasteiger partial charge in [0.15, 0.2) is 0 Å². The molecule has 1 unspecified atom stereocenters. The van der Waals surface area contributed by atoms with E-state index in [9.17, 15) is 5.11 Å². The van der Waals surface area contributed by atoms with Crippen molar-refractivity contribution in [1.82, 2.24) is 9.78 Å². The Morgan fingerprint density at radius 3 is 2.83 bits per heavy atom. The summed E-state index contributed by atoms with van der Waals surface area (Å²) in [5, 5.41) is 15.4. The molecule has 96 valence electrons. The molecular weight excluding hydrogens is 339 g/mol. The first-order chi connectivity index (χ1) is 8.56. The number of nitrogens with zero attached hydrogens (tertiary/aromatic N) is 2. The van der Waals surface area contributed by atoms with Crippen molar-refractivity contribution in [3.63, 3.8) is 0 Å². The lowest BCUT2D eigenvalue weighted by Gasteiger charge is -2.15. The lowest BCUT2D eigenvalue weighted by molar-refractivity contribution is 0.207. The Hall–Kier alpha value is -0.550. The van der Waals surface area contributed by atoms with Gasteiger partial charge in [-0.3, -0.25) is 4.68 Å². The highest BCUT2D eigenvalue weighted by Gasteiger charge is 2.22. The van der Waals surface area contributed by atoms with Crippen LogP contribution in [0.15, 0.2) is 28.9 Å². The van der Waals surface area contributed by atoms with Crippen LogP contribution in [-0.2, 0) is 6.54 Å². The lowest BCUT2D eigenvalue weighted by atomic mass is 10.1. The average molecular weight is 350 g/mol. The first-order valence-corrected chi connectivity index (χ1v) is 6.94. The van der Waals surface area contributed by atoms with E-state index in [1.54, 1.807) is 29.1 Å². The van der Waals surface area contributed by atoms with Gasteiger partial charge < -0.3 is 5.11 Å². The predicted molar refractivity (Wildman–Crippen MR) is 76.1 cm³/mol. The van der Waals surface area contributed by atoms with Crippen LogP contribution >= 0.6 is 39.1 Å². The molecular formula is C12H11BrCl2N2O. The highest BCUT2D eigenvalue weighted by Crippen LogP contribution is 2.35. The molecule has 0 saturated carbocycles. The monoisotopic (exact) mass is 348 g/mol. The maximum Gasteiger partial charge on any atom is 0.123 e.